The van der Waals surface area contributed by atoms with Gasteiger partial charge in [-0.05, 0) is 91.5 Å². The van der Waals surface area contributed by atoms with Crippen LogP contribution in [0.1, 0.15) is 0 Å². The molecule has 0 unspecified atom stereocenters. The van der Waals surface area contributed by atoms with Gasteiger partial charge in [-0.25, -0.2) is 0 Å². The minimum atomic E-state index is -2.74. The Morgan fingerprint density at radius 2 is 0.651 bits per heavy atom. The molecule has 0 aliphatic rings. The average Bonchev–Trinajstić information content (AvgIpc) is 3.88. The third kappa shape index (κ3) is 6.00. The molecule has 296 valence electrons. The highest BCUT2D eigenvalue weighted by Crippen LogP contribution is 2.38. The van der Waals surface area contributed by atoms with Crippen LogP contribution in [-0.2, 0) is 0 Å². The van der Waals surface area contributed by atoms with Crippen LogP contribution < -0.4 is 20.7 Å². The van der Waals surface area contributed by atoms with Crippen molar-refractivity contribution >= 4 is 72.4 Å². The number of aromatic nitrogens is 2. The Bertz CT molecular complexity index is 3510. The summed E-state index contributed by atoms with van der Waals surface area (Å²) in [5, 5.41) is 10.5. The highest BCUT2D eigenvalue weighted by atomic mass is 28.3. The van der Waals surface area contributed by atoms with Crippen LogP contribution in [0.15, 0.2) is 255 Å². The molecule has 0 radical (unpaired) electrons. The average molecular weight is 819 g/mol. The molecule has 10 aromatic carbocycles. The highest BCUT2D eigenvalue weighted by molar-refractivity contribution is 7.20. The second kappa shape index (κ2) is 15.2. The lowest BCUT2D eigenvalue weighted by Gasteiger charge is -2.34. The molecule has 2 aromatic heterocycles. The number of hydrogen-bond acceptors (Lipinski definition) is 0. The molecule has 0 aliphatic carbocycles. The van der Waals surface area contributed by atoms with Gasteiger partial charge in [-0.2, -0.15) is 0 Å². The van der Waals surface area contributed by atoms with Gasteiger partial charge in [-0.15, -0.1) is 0 Å². The van der Waals surface area contributed by atoms with E-state index in [2.05, 4.69) is 264 Å². The maximum absolute atomic E-state index is 2.74. The molecule has 63 heavy (non-hydrogen) atoms. The fraction of sp³-hybridized carbons (Fsp3) is 0. The Balaban J connectivity index is 1.06. The predicted molar refractivity (Wildman–Crippen MR) is 270 cm³/mol. The minimum absolute atomic E-state index is 1.13. The van der Waals surface area contributed by atoms with E-state index < -0.39 is 8.07 Å². The van der Waals surface area contributed by atoms with E-state index in [1.807, 2.05) is 0 Å². The van der Waals surface area contributed by atoms with E-state index in [4.69, 9.17) is 0 Å². The number of fused-ring (bicyclic) bond motifs is 6. The van der Waals surface area contributed by atoms with E-state index in [0.29, 0.717) is 0 Å². The fourth-order valence-corrected chi connectivity index (χ4v) is 15.0. The van der Waals surface area contributed by atoms with Crippen LogP contribution in [0.2, 0.25) is 0 Å². The Labute approximate surface area is 368 Å². The van der Waals surface area contributed by atoms with E-state index in [0.717, 1.165) is 11.4 Å². The lowest BCUT2D eigenvalue weighted by Crippen LogP contribution is -2.74. The van der Waals surface area contributed by atoms with E-state index in [9.17, 15) is 0 Å². The third-order valence-corrected chi connectivity index (χ3v) is 17.8. The molecule has 0 N–H and O–H groups in total. The fourth-order valence-electron chi connectivity index (χ4n) is 10.3. The third-order valence-electron chi connectivity index (χ3n) is 13.0. The number of nitrogens with zero attached hydrogens (tertiary/aromatic N) is 2. The van der Waals surface area contributed by atoms with E-state index in [1.165, 1.54) is 86.6 Å². The highest BCUT2D eigenvalue weighted by Gasteiger charge is 2.41. The molecule has 0 amide bonds. The van der Waals surface area contributed by atoms with Gasteiger partial charge in [-0.1, -0.05) is 206 Å². The Hall–Kier alpha value is -7.98. The standard InChI is InChI=1S/C60H42N2Si/c1-5-19-43(20-6-1)44-21-17-22-45(39-44)46-23-18-24-47(40-46)62-57-33-15-13-31-53(57)55-37-35-48(41-60(55)62)61-58-34-16-14-32-54(58)56-42-52(36-38-59(56)61)63(49-25-7-2-8-26-49,50-27-9-3-10-28-50)51-29-11-4-12-30-51/h1-42H. The predicted octanol–water partition coefficient (Wildman–Crippen LogP) is 12.6. The Kier molecular flexibility index (Phi) is 8.87. The van der Waals surface area contributed by atoms with Crippen molar-refractivity contribution in [2.45, 2.75) is 0 Å². The zero-order valence-corrected chi connectivity index (χ0v) is 35.6. The Morgan fingerprint density at radius 3 is 1.27 bits per heavy atom. The van der Waals surface area contributed by atoms with E-state index in [1.54, 1.807) is 0 Å². The summed E-state index contributed by atoms with van der Waals surface area (Å²) in [6, 6.07) is 94.2. The van der Waals surface area contributed by atoms with Gasteiger partial charge in [0.25, 0.3) is 0 Å². The first kappa shape index (κ1) is 36.8. The Morgan fingerprint density at radius 1 is 0.222 bits per heavy atom. The summed E-state index contributed by atoms with van der Waals surface area (Å²) >= 11 is 0. The van der Waals surface area contributed by atoms with Crippen LogP contribution in [0.4, 0.5) is 0 Å². The zero-order valence-electron chi connectivity index (χ0n) is 34.6. The molecule has 3 heteroatoms. The summed E-state index contributed by atoms with van der Waals surface area (Å²) < 4.78 is 4.92. The normalized spacial score (nSPS) is 11.8. The van der Waals surface area contributed by atoms with E-state index >= 15 is 0 Å². The first-order valence-corrected chi connectivity index (χ1v) is 23.8. The molecule has 0 fully saturated rings. The summed E-state index contributed by atoms with van der Waals surface area (Å²) in [7, 11) is -2.74. The lowest BCUT2D eigenvalue weighted by atomic mass is 9.99. The van der Waals surface area contributed by atoms with Gasteiger partial charge in [0.15, 0.2) is 8.07 Å². The zero-order chi connectivity index (χ0) is 41.7. The first-order valence-electron chi connectivity index (χ1n) is 21.8. The van der Waals surface area contributed by atoms with Gasteiger partial charge in [0.2, 0.25) is 0 Å². The lowest BCUT2D eigenvalue weighted by molar-refractivity contribution is 1.15. The van der Waals surface area contributed by atoms with Gasteiger partial charge in [0, 0.05) is 32.9 Å². The van der Waals surface area contributed by atoms with Crippen LogP contribution in [-0.4, -0.2) is 17.2 Å². The molecule has 2 nitrogen and oxygen atoms in total. The summed E-state index contributed by atoms with van der Waals surface area (Å²) in [4.78, 5) is 0. The van der Waals surface area contributed by atoms with Crippen LogP contribution in [0.3, 0.4) is 0 Å². The summed E-state index contributed by atoms with van der Waals surface area (Å²) in [5.74, 6) is 0. The van der Waals surface area contributed by atoms with Gasteiger partial charge in [0.1, 0.15) is 0 Å². The van der Waals surface area contributed by atoms with Gasteiger partial charge >= 0.3 is 0 Å². The maximum Gasteiger partial charge on any atom is 0.179 e. The molecule has 0 saturated carbocycles. The van der Waals surface area contributed by atoms with Gasteiger partial charge in [0.05, 0.1) is 22.1 Å². The SMILES string of the molecule is c1ccc(-c2cccc(-c3cccc(-n4c5ccccc5c5ccc(-n6c7ccccc7c7cc([Si](c8ccccc8)(c8ccccc8)c8ccccc8)ccc76)cc54)c3)c2)cc1. The van der Waals surface area contributed by atoms with Crippen molar-refractivity contribution in [2.24, 2.45) is 0 Å². The van der Waals surface area contributed by atoms with Crippen molar-refractivity contribution in [3.63, 3.8) is 0 Å². The number of rotatable bonds is 8. The monoisotopic (exact) mass is 818 g/mol. The summed E-state index contributed by atoms with van der Waals surface area (Å²) in [6.07, 6.45) is 0. The van der Waals surface area contributed by atoms with Crippen molar-refractivity contribution in [1.82, 2.24) is 9.13 Å². The topological polar surface area (TPSA) is 9.86 Å². The number of para-hydroxylation sites is 2. The van der Waals surface area contributed by atoms with Gasteiger partial charge in [-0.3, -0.25) is 0 Å². The van der Waals surface area contributed by atoms with Crippen molar-refractivity contribution in [2.75, 3.05) is 0 Å². The second-order valence-electron chi connectivity index (χ2n) is 16.5. The van der Waals surface area contributed by atoms with Crippen molar-refractivity contribution < 1.29 is 0 Å². The summed E-state index contributed by atoms with van der Waals surface area (Å²) in [5.41, 5.74) is 11.8. The molecule has 12 aromatic rings. The smallest absolute Gasteiger partial charge is 0.179 e. The summed E-state index contributed by atoms with van der Waals surface area (Å²) in [6.45, 7) is 0. The quantitative estimate of drug-likeness (QED) is 0.107. The molecule has 12 rings (SSSR count). The van der Waals surface area contributed by atoms with Gasteiger partial charge < -0.3 is 9.13 Å². The van der Waals surface area contributed by atoms with Crippen molar-refractivity contribution in [3.05, 3.63) is 255 Å². The molecule has 0 atom stereocenters. The molecular weight excluding hydrogens is 777 g/mol. The maximum atomic E-state index is 2.52. The molecule has 0 saturated heterocycles. The molecular formula is C60H42N2Si. The van der Waals surface area contributed by atoms with Crippen LogP contribution >= 0.6 is 0 Å². The van der Waals surface area contributed by atoms with Crippen molar-refractivity contribution in [3.8, 4) is 33.6 Å². The largest absolute Gasteiger partial charge is 0.309 e. The van der Waals surface area contributed by atoms with Crippen molar-refractivity contribution in [1.29, 1.82) is 0 Å². The molecule has 2 heterocycles. The van der Waals surface area contributed by atoms with E-state index in [-0.39, 0.29) is 0 Å². The van der Waals surface area contributed by atoms with Crippen LogP contribution in [0.25, 0.3) is 77.2 Å². The van der Waals surface area contributed by atoms with Crippen LogP contribution in [0, 0.1) is 0 Å². The number of benzene rings is 10. The molecule has 0 aliphatic heterocycles. The minimum Gasteiger partial charge on any atom is -0.309 e. The molecule has 0 bridgehead atoms. The first-order chi connectivity index (χ1) is 31.3. The molecule has 0 spiro atoms. The number of hydrogen-bond donors (Lipinski definition) is 0. The second-order valence-corrected chi connectivity index (χ2v) is 20.3. The van der Waals surface area contributed by atoms with Crippen LogP contribution in [0.5, 0.6) is 0 Å².